The molecule has 0 aliphatic carbocycles. The highest BCUT2D eigenvalue weighted by Gasteiger charge is 2.42. The zero-order valence-corrected chi connectivity index (χ0v) is 19.2. The normalized spacial score (nSPS) is 17.0. The Balaban J connectivity index is 1.72. The number of H-pyrrole nitrogens is 1. The highest BCUT2D eigenvalue weighted by molar-refractivity contribution is 5.96. The van der Waals surface area contributed by atoms with E-state index in [2.05, 4.69) is 4.98 Å². The van der Waals surface area contributed by atoms with Gasteiger partial charge in [0.25, 0.3) is 5.91 Å². The van der Waals surface area contributed by atoms with Crippen molar-refractivity contribution in [3.8, 4) is 0 Å². The van der Waals surface area contributed by atoms with Crippen LogP contribution in [-0.2, 0) is 23.6 Å². The van der Waals surface area contributed by atoms with Crippen LogP contribution in [0, 0.1) is 0 Å². The molecule has 4 rings (SSSR count). The van der Waals surface area contributed by atoms with Gasteiger partial charge in [-0.2, -0.15) is 26.3 Å². The van der Waals surface area contributed by atoms with E-state index in [1.165, 1.54) is 4.90 Å². The molecule has 11 heteroatoms. The number of benzene rings is 2. The number of piperazine rings is 1. The molecule has 1 aliphatic rings. The third-order valence-corrected chi connectivity index (χ3v) is 6.41. The number of para-hydroxylation sites is 1. The number of nitrogens with one attached hydrogen (secondary N) is 1. The van der Waals surface area contributed by atoms with E-state index < -0.39 is 41.0 Å². The number of hydrogen-bond donors (Lipinski definition) is 1. The molecule has 0 bridgehead atoms. The number of rotatable bonds is 4. The van der Waals surface area contributed by atoms with Gasteiger partial charge in [-0.3, -0.25) is 9.59 Å². The second-order valence-corrected chi connectivity index (χ2v) is 8.67. The lowest BCUT2D eigenvalue weighted by atomic mass is 9.97. The molecule has 2 heterocycles. The van der Waals surface area contributed by atoms with E-state index in [0.717, 1.165) is 16.5 Å². The molecule has 1 N–H and O–H groups in total. The van der Waals surface area contributed by atoms with Crippen molar-refractivity contribution in [3.63, 3.8) is 0 Å². The first kappa shape index (κ1) is 25.6. The summed E-state index contributed by atoms with van der Waals surface area (Å²) in [5.41, 5.74) is -2.33. The Labute approximate surface area is 202 Å². The van der Waals surface area contributed by atoms with Gasteiger partial charge in [0.1, 0.15) is 0 Å². The van der Waals surface area contributed by atoms with E-state index in [0.29, 0.717) is 12.1 Å². The van der Waals surface area contributed by atoms with Gasteiger partial charge in [0.15, 0.2) is 0 Å². The number of carbonyl (C=O) groups is 2. The minimum absolute atomic E-state index is 0.0290. The summed E-state index contributed by atoms with van der Waals surface area (Å²) in [6, 6.07) is 7.74. The average Bonchev–Trinajstić information content (AvgIpc) is 3.24. The lowest BCUT2D eigenvalue weighted by Crippen LogP contribution is -2.57. The summed E-state index contributed by atoms with van der Waals surface area (Å²) >= 11 is 0. The molecule has 0 radical (unpaired) electrons. The number of nitrogens with zero attached hydrogens (tertiary/aromatic N) is 2. The summed E-state index contributed by atoms with van der Waals surface area (Å²) in [7, 11) is 0. The van der Waals surface area contributed by atoms with Crippen LogP contribution in [0.3, 0.4) is 0 Å². The molecular weight excluding hydrogens is 488 g/mol. The number of fused-ring (bicyclic) bond motifs is 1. The molecule has 2 aromatic carbocycles. The van der Waals surface area contributed by atoms with Crippen LogP contribution in [-0.4, -0.2) is 52.3 Å². The maximum absolute atomic E-state index is 13.7. The van der Waals surface area contributed by atoms with Crippen molar-refractivity contribution in [3.05, 3.63) is 70.9 Å². The number of carbonyl (C=O) groups excluding carboxylic acids is 2. The van der Waals surface area contributed by atoms with Crippen LogP contribution in [0.5, 0.6) is 0 Å². The van der Waals surface area contributed by atoms with Crippen LogP contribution in [0.1, 0.15) is 40.4 Å². The minimum atomic E-state index is -5.17. The predicted molar refractivity (Wildman–Crippen MR) is 120 cm³/mol. The summed E-state index contributed by atoms with van der Waals surface area (Å²) in [6.07, 6.45) is -7.95. The zero-order chi connectivity index (χ0) is 26.3. The Hall–Kier alpha value is -3.50. The highest BCUT2D eigenvalue weighted by Crippen LogP contribution is 2.38. The van der Waals surface area contributed by atoms with E-state index in [1.807, 2.05) is 24.3 Å². The van der Waals surface area contributed by atoms with Crippen molar-refractivity contribution in [2.45, 2.75) is 38.2 Å². The van der Waals surface area contributed by atoms with Crippen LogP contribution < -0.4 is 0 Å². The smallest absolute Gasteiger partial charge is 0.361 e. The summed E-state index contributed by atoms with van der Waals surface area (Å²) in [5.74, 6) is -1.18. The number of aromatic amines is 1. The Bertz CT molecular complexity index is 1280. The Morgan fingerprint density at radius 2 is 1.72 bits per heavy atom. The molecular formula is C25H23F6N3O2. The first-order valence-corrected chi connectivity index (χ1v) is 11.3. The number of halogens is 6. The molecule has 1 atom stereocenters. The van der Waals surface area contributed by atoms with Crippen LogP contribution >= 0.6 is 0 Å². The van der Waals surface area contributed by atoms with Crippen LogP contribution in [0.2, 0.25) is 0 Å². The van der Waals surface area contributed by atoms with Crippen LogP contribution in [0.15, 0.2) is 48.7 Å². The molecule has 36 heavy (non-hydrogen) atoms. The van der Waals surface area contributed by atoms with E-state index >= 15 is 0 Å². The largest absolute Gasteiger partial charge is 0.417 e. The second-order valence-electron chi connectivity index (χ2n) is 8.67. The molecule has 1 aliphatic heterocycles. The van der Waals surface area contributed by atoms with Gasteiger partial charge >= 0.3 is 12.4 Å². The van der Waals surface area contributed by atoms with Crippen molar-refractivity contribution >= 4 is 22.7 Å². The molecule has 192 valence electrons. The quantitative estimate of drug-likeness (QED) is 0.470. The molecule has 5 nitrogen and oxygen atoms in total. The van der Waals surface area contributed by atoms with Crippen LogP contribution in [0.25, 0.3) is 10.9 Å². The van der Waals surface area contributed by atoms with E-state index in [1.54, 1.807) is 18.0 Å². The van der Waals surface area contributed by atoms with E-state index in [-0.39, 0.29) is 44.4 Å². The molecule has 0 unspecified atom stereocenters. The fraction of sp³-hybridized carbons (Fsp3) is 0.360. The Kier molecular flexibility index (Phi) is 6.76. The lowest BCUT2D eigenvalue weighted by Gasteiger charge is -2.42. The fourth-order valence-corrected chi connectivity index (χ4v) is 4.60. The van der Waals surface area contributed by atoms with Gasteiger partial charge in [-0.1, -0.05) is 25.1 Å². The third kappa shape index (κ3) is 5.05. The molecule has 0 spiro atoms. The molecule has 0 saturated carbocycles. The first-order valence-electron chi connectivity index (χ1n) is 11.3. The summed E-state index contributed by atoms with van der Waals surface area (Å²) in [6.45, 7) is 1.85. The van der Waals surface area contributed by atoms with Gasteiger partial charge in [0, 0.05) is 43.2 Å². The number of alkyl halides is 6. The molecule has 1 aromatic heterocycles. The van der Waals surface area contributed by atoms with Crippen LogP contribution in [0.4, 0.5) is 26.3 Å². The van der Waals surface area contributed by atoms with Gasteiger partial charge in [-0.15, -0.1) is 0 Å². The van der Waals surface area contributed by atoms with Crippen molar-refractivity contribution in [2.24, 2.45) is 0 Å². The first-order chi connectivity index (χ1) is 16.9. The Morgan fingerprint density at radius 3 is 2.39 bits per heavy atom. The van der Waals surface area contributed by atoms with E-state index in [4.69, 9.17) is 0 Å². The standard InChI is InChI=1S/C25H23F6N3O2/c1-2-22(35)33-9-10-34(17(14-33)11-15-13-32-21-6-4-3-5-18(15)21)23(36)19-8-7-16(24(26,27)28)12-20(19)25(29,30)31/h3-8,12-13,17,32H,2,9-11,14H2,1H3/t17-/m1/s1. The maximum Gasteiger partial charge on any atom is 0.417 e. The van der Waals surface area contributed by atoms with Crippen molar-refractivity contribution in [1.29, 1.82) is 0 Å². The molecule has 2 amide bonds. The maximum atomic E-state index is 13.7. The Morgan fingerprint density at radius 1 is 1.00 bits per heavy atom. The minimum Gasteiger partial charge on any atom is -0.361 e. The van der Waals surface area contributed by atoms with Crippen molar-refractivity contribution < 1.29 is 35.9 Å². The fourth-order valence-electron chi connectivity index (χ4n) is 4.60. The van der Waals surface area contributed by atoms with Gasteiger partial charge in [0.2, 0.25) is 5.91 Å². The monoisotopic (exact) mass is 511 g/mol. The molecule has 1 saturated heterocycles. The SMILES string of the molecule is CCC(=O)N1CCN(C(=O)c2ccc(C(F)(F)F)cc2C(F)(F)F)[C@H](Cc2c[nH]c3ccccc23)C1. The zero-order valence-electron chi connectivity index (χ0n) is 19.2. The topological polar surface area (TPSA) is 56.4 Å². The molecule has 1 fully saturated rings. The van der Waals surface area contributed by atoms with Gasteiger partial charge in [-0.25, -0.2) is 0 Å². The lowest BCUT2D eigenvalue weighted by molar-refractivity contribution is -0.143. The predicted octanol–water partition coefficient (Wildman–Crippen LogP) is 5.51. The van der Waals surface area contributed by atoms with Crippen molar-refractivity contribution in [2.75, 3.05) is 19.6 Å². The summed E-state index contributed by atoms with van der Waals surface area (Å²) in [4.78, 5) is 31.7. The summed E-state index contributed by atoms with van der Waals surface area (Å²) in [5, 5.41) is 0.870. The number of amides is 2. The summed E-state index contributed by atoms with van der Waals surface area (Å²) < 4.78 is 80.5. The van der Waals surface area contributed by atoms with Gasteiger partial charge in [-0.05, 0) is 36.2 Å². The number of hydrogen-bond acceptors (Lipinski definition) is 2. The second kappa shape index (κ2) is 9.51. The number of aromatic nitrogens is 1. The van der Waals surface area contributed by atoms with Crippen molar-refractivity contribution in [1.82, 2.24) is 14.8 Å². The third-order valence-electron chi connectivity index (χ3n) is 6.41. The van der Waals surface area contributed by atoms with Gasteiger partial charge < -0.3 is 14.8 Å². The van der Waals surface area contributed by atoms with E-state index in [9.17, 15) is 35.9 Å². The molecule has 3 aromatic rings. The average molecular weight is 511 g/mol. The highest BCUT2D eigenvalue weighted by atomic mass is 19.4. The van der Waals surface area contributed by atoms with Gasteiger partial charge in [0.05, 0.1) is 22.7 Å².